The highest BCUT2D eigenvalue weighted by molar-refractivity contribution is 5.56. The Morgan fingerprint density at radius 2 is 1.43 bits per heavy atom. The summed E-state index contributed by atoms with van der Waals surface area (Å²) >= 11 is 0. The molecule has 1 aromatic rings. The van der Waals surface area contributed by atoms with Crippen LogP contribution in [0.15, 0.2) is 30.3 Å². The van der Waals surface area contributed by atoms with Gasteiger partial charge in [-0.3, -0.25) is 0 Å². The Morgan fingerprint density at radius 1 is 0.905 bits per heavy atom. The predicted molar refractivity (Wildman–Crippen MR) is 97.0 cm³/mol. The molecular weight excluding hydrogens is 254 g/mol. The molecule has 0 N–H and O–H groups in total. The molecule has 0 fully saturated rings. The molecule has 0 saturated heterocycles. The van der Waals surface area contributed by atoms with Gasteiger partial charge in [0.05, 0.1) is 0 Å². The lowest BCUT2D eigenvalue weighted by atomic mass is 9.95. The highest BCUT2D eigenvalue weighted by Crippen LogP contribution is 2.20. The van der Waals surface area contributed by atoms with Crippen LogP contribution >= 0.6 is 0 Å². The number of benzene rings is 1. The van der Waals surface area contributed by atoms with Gasteiger partial charge in [0.15, 0.2) is 0 Å². The molecule has 1 heteroatoms. The third-order valence-corrected chi connectivity index (χ3v) is 3.60. The standard InChI is InChI=1S/C20H33N/c1-6-8-16-21(17-9-7-2)19-12-10-18(11-13-19)14-15-20(3,4)5/h10-15H,6-9,16-17H2,1-5H3/b15-14+. The van der Waals surface area contributed by atoms with E-state index in [4.69, 9.17) is 0 Å². The number of allylic oxidation sites excluding steroid dienone is 1. The number of anilines is 1. The minimum atomic E-state index is 0.243. The molecule has 0 saturated carbocycles. The summed E-state index contributed by atoms with van der Waals surface area (Å²) in [6.45, 7) is 13.6. The zero-order valence-electron chi connectivity index (χ0n) is 14.7. The third kappa shape index (κ3) is 7.36. The smallest absolute Gasteiger partial charge is 0.0366 e. The van der Waals surface area contributed by atoms with Gasteiger partial charge in [-0.05, 0) is 36.0 Å². The van der Waals surface area contributed by atoms with Crippen LogP contribution < -0.4 is 4.90 Å². The molecule has 0 unspecified atom stereocenters. The van der Waals surface area contributed by atoms with Crippen LogP contribution in [0.3, 0.4) is 0 Å². The van der Waals surface area contributed by atoms with Crippen LogP contribution in [0.2, 0.25) is 0 Å². The SMILES string of the molecule is CCCCN(CCCC)c1ccc(/C=C/C(C)(C)C)cc1. The number of unbranched alkanes of at least 4 members (excludes halogenated alkanes) is 2. The first-order valence-corrected chi connectivity index (χ1v) is 8.50. The maximum atomic E-state index is 2.53. The van der Waals surface area contributed by atoms with E-state index in [0.717, 1.165) is 0 Å². The summed E-state index contributed by atoms with van der Waals surface area (Å²) < 4.78 is 0. The van der Waals surface area contributed by atoms with Crippen LogP contribution in [0, 0.1) is 5.41 Å². The molecule has 0 heterocycles. The van der Waals surface area contributed by atoms with Crippen molar-refractivity contribution in [3.63, 3.8) is 0 Å². The quantitative estimate of drug-likeness (QED) is 0.554. The Labute approximate surface area is 132 Å². The lowest BCUT2D eigenvalue weighted by Crippen LogP contribution is -2.25. The largest absolute Gasteiger partial charge is 0.372 e. The van der Waals surface area contributed by atoms with Crippen LogP contribution in [-0.4, -0.2) is 13.1 Å². The third-order valence-electron chi connectivity index (χ3n) is 3.60. The van der Waals surface area contributed by atoms with Gasteiger partial charge in [0.25, 0.3) is 0 Å². The van der Waals surface area contributed by atoms with Crippen molar-refractivity contribution in [2.75, 3.05) is 18.0 Å². The van der Waals surface area contributed by atoms with Gasteiger partial charge in [-0.2, -0.15) is 0 Å². The summed E-state index contributed by atoms with van der Waals surface area (Å²) in [5.74, 6) is 0. The second-order valence-corrected chi connectivity index (χ2v) is 6.99. The first kappa shape index (κ1) is 17.8. The highest BCUT2D eigenvalue weighted by Gasteiger charge is 2.06. The normalized spacial score (nSPS) is 12.0. The van der Waals surface area contributed by atoms with Crippen molar-refractivity contribution in [2.24, 2.45) is 5.41 Å². The summed E-state index contributed by atoms with van der Waals surface area (Å²) in [7, 11) is 0. The number of nitrogens with zero attached hydrogens (tertiary/aromatic N) is 1. The zero-order chi connectivity index (χ0) is 15.7. The van der Waals surface area contributed by atoms with Crippen molar-refractivity contribution < 1.29 is 0 Å². The van der Waals surface area contributed by atoms with E-state index in [2.05, 4.69) is 75.9 Å². The fourth-order valence-corrected chi connectivity index (χ4v) is 2.21. The van der Waals surface area contributed by atoms with E-state index < -0.39 is 0 Å². The maximum Gasteiger partial charge on any atom is 0.0366 e. The molecule has 0 amide bonds. The molecule has 0 aliphatic rings. The van der Waals surface area contributed by atoms with Crippen molar-refractivity contribution in [1.29, 1.82) is 0 Å². The fourth-order valence-electron chi connectivity index (χ4n) is 2.21. The van der Waals surface area contributed by atoms with Gasteiger partial charge in [-0.1, -0.05) is 71.7 Å². The van der Waals surface area contributed by atoms with Gasteiger partial charge in [-0.25, -0.2) is 0 Å². The maximum absolute atomic E-state index is 2.53. The van der Waals surface area contributed by atoms with E-state index in [-0.39, 0.29) is 5.41 Å². The molecule has 0 aromatic heterocycles. The first-order chi connectivity index (χ1) is 9.96. The lowest BCUT2D eigenvalue weighted by molar-refractivity contribution is 0.547. The summed E-state index contributed by atoms with van der Waals surface area (Å²) in [6.07, 6.45) is 9.56. The second kappa shape index (κ2) is 8.92. The van der Waals surface area contributed by atoms with Gasteiger partial charge in [-0.15, -0.1) is 0 Å². The van der Waals surface area contributed by atoms with Crippen LogP contribution in [0.4, 0.5) is 5.69 Å². The minimum Gasteiger partial charge on any atom is -0.372 e. The first-order valence-electron chi connectivity index (χ1n) is 8.50. The predicted octanol–water partition coefficient (Wildman–Crippen LogP) is 6.15. The van der Waals surface area contributed by atoms with E-state index in [1.807, 2.05) is 0 Å². The number of rotatable bonds is 8. The summed E-state index contributed by atoms with van der Waals surface area (Å²) in [5, 5.41) is 0. The molecule has 1 nitrogen and oxygen atoms in total. The molecular formula is C20H33N. The molecule has 0 aliphatic carbocycles. The van der Waals surface area contributed by atoms with Crippen molar-refractivity contribution in [3.8, 4) is 0 Å². The minimum absolute atomic E-state index is 0.243. The molecule has 1 aromatic carbocycles. The van der Waals surface area contributed by atoms with E-state index in [9.17, 15) is 0 Å². The van der Waals surface area contributed by atoms with E-state index in [0.29, 0.717) is 0 Å². The molecule has 21 heavy (non-hydrogen) atoms. The fraction of sp³-hybridized carbons (Fsp3) is 0.600. The molecule has 0 radical (unpaired) electrons. The molecule has 1 rings (SSSR count). The summed E-state index contributed by atoms with van der Waals surface area (Å²) in [6, 6.07) is 9.02. The lowest BCUT2D eigenvalue weighted by Gasteiger charge is -2.24. The summed E-state index contributed by atoms with van der Waals surface area (Å²) in [4.78, 5) is 2.53. The van der Waals surface area contributed by atoms with Crippen LogP contribution in [0.1, 0.15) is 65.9 Å². The molecule has 0 atom stereocenters. The Balaban J connectivity index is 2.74. The molecule has 0 spiro atoms. The number of hydrogen-bond acceptors (Lipinski definition) is 1. The monoisotopic (exact) mass is 287 g/mol. The average molecular weight is 287 g/mol. The molecule has 0 aliphatic heterocycles. The summed E-state index contributed by atoms with van der Waals surface area (Å²) in [5.41, 5.74) is 2.90. The van der Waals surface area contributed by atoms with Crippen molar-refractivity contribution >= 4 is 11.8 Å². The van der Waals surface area contributed by atoms with Crippen LogP contribution in [-0.2, 0) is 0 Å². The van der Waals surface area contributed by atoms with E-state index in [1.54, 1.807) is 0 Å². The van der Waals surface area contributed by atoms with Gasteiger partial charge >= 0.3 is 0 Å². The van der Waals surface area contributed by atoms with E-state index >= 15 is 0 Å². The Kier molecular flexibility index (Phi) is 7.56. The van der Waals surface area contributed by atoms with Crippen molar-refractivity contribution in [2.45, 2.75) is 60.3 Å². The second-order valence-electron chi connectivity index (χ2n) is 6.99. The number of hydrogen-bond donors (Lipinski definition) is 0. The zero-order valence-corrected chi connectivity index (χ0v) is 14.7. The van der Waals surface area contributed by atoms with Crippen LogP contribution in [0.5, 0.6) is 0 Å². The van der Waals surface area contributed by atoms with Gasteiger partial charge in [0.2, 0.25) is 0 Å². The average Bonchev–Trinajstić information content (AvgIpc) is 2.45. The Bertz CT molecular complexity index is 400. The van der Waals surface area contributed by atoms with Crippen molar-refractivity contribution in [1.82, 2.24) is 0 Å². The van der Waals surface area contributed by atoms with Crippen molar-refractivity contribution in [3.05, 3.63) is 35.9 Å². The van der Waals surface area contributed by atoms with Gasteiger partial charge in [0.1, 0.15) is 0 Å². The Morgan fingerprint density at radius 3 is 1.86 bits per heavy atom. The Hall–Kier alpha value is -1.24. The highest BCUT2D eigenvalue weighted by atomic mass is 15.1. The molecule has 0 bridgehead atoms. The van der Waals surface area contributed by atoms with Crippen LogP contribution in [0.25, 0.3) is 6.08 Å². The van der Waals surface area contributed by atoms with Gasteiger partial charge in [0, 0.05) is 18.8 Å². The van der Waals surface area contributed by atoms with E-state index in [1.165, 1.54) is 50.0 Å². The van der Waals surface area contributed by atoms with Gasteiger partial charge < -0.3 is 4.90 Å². The topological polar surface area (TPSA) is 3.24 Å². The molecule has 118 valence electrons.